The summed E-state index contributed by atoms with van der Waals surface area (Å²) in [7, 11) is 0. The lowest BCUT2D eigenvalue weighted by atomic mass is 9.96. The first kappa shape index (κ1) is 26.9. The Hall–Kier alpha value is -3.67. The van der Waals surface area contributed by atoms with Crippen LogP contribution in [0.5, 0.6) is 0 Å². The molecule has 10 nitrogen and oxygen atoms in total. The lowest BCUT2D eigenvalue weighted by molar-refractivity contribution is -0.671. The fraction of sp³-hybridized carbons (Fsp3) is 0.393. The number of benzene rings is 2. The van der Waals surface area contributed by atoms with Gasteiger partial charge < -0.3 is 4.74 Å². The van der Waals surface area contributed by atoms with Gasteiger partial charge in [0.1, 0.15) is 6.21 Å². The zero-order valence-corrected chi connectivity index (χ0v) is 23.3. The summed E-state index contributed by atoms with van der Waals surface area (Å²) in [6.07, 6.45) is 2.50. The average molecular weight is 549 g/mol. The minimum Gasteiger partial charge on any atom is -0.379 e. The third kappa shape index (κ3) is 6.16. The fourth-order valence-corrected chi connectivity index (χ4v) is 4.89. The SMILES string of the molecule is CC(C)Cc1ccc(C(C)c2nn(CN3CCOCC3)c(=S)n2/N=C/c2c(=O)o[nH][n+]2-c2ccccc2)cc1. The summed E-state index contributed by atoms with van der Waals surface area (Å²) in [4.78, 5) is 14.8. The van der Waals surface area contributed by atoms with Gasteiger partial charge in [-0.3, -0.25) is 9.42 Å². The highest BCUT2D eigenvalue weighted by molar-refractivity contribution is 7.71. The second-order valence-corrected chi connectivity index (χ2v) is 10.5. The first-order valence-corrected chi connectivity index (χ1v) is 13.6. The van der Waals surface area contributed by atoms with Crippen LogP contribution >= 0.6 is 12.2 Å². The lowest BCUT2D eigenvalue weighted by Gasteiger charge is -2.26. The Morgan fingerprint density at radius 3 is 2.51 bits per heavy atom. The highest BCUT2D eigenvalue weighted by atomic mass is 32.1. The molecule has 1 aliphatic heterocycles. The molecule has 0 aliphatic carbocycles. The molecule has 2 aromatic carbocycles. The predicted octanol–water partition coefficient (Wildman–Crippen LogP) is 3.49. The van der Waals surface area contributed by atoms with Crippen LogP contribution in [0.1, 0.15) is 49.3 Å². The smallest absolute Gasteiger partial charge is 0.379 e. The van der Waals surface area contributed by atoms with Crippen molar-refractivity contribution in [1.82, 2.24) is 24.6 Å². The Kier molecular flexibility index (Phi) is 8.30. The molecule has 1 fully saturated rings. The molecule has 0 bridgehead atoms. The number of aromatic amines is 1. The number of para-hydroxylation sites is 1. The van der Waals surface area contributed by atoms with E-state index in [0.29, 0.717) is 36.4 Å². The van der Waals surface area contributed by atoms with Crippen molar-refractivity contribution >= 4 is 18.4 Å². The molecule has 2 aromatic heterocycles. The van der Waals surface area contributed by atoms with E-state index in [1.165, 1.54) is 11.8 Å². The van der Waals surface area contributed by atoms with Crippen LogP contribution in [-0.4, -0.2) is 57.1 Å². The Labute approximate surface area is 232 Å². The number of hydrogen-bond acceptors (Lipinski definition) is 7. The van der Waals surface area contributed by atoms with Crippen LogP contribution in [-0.2, 0) is 17.8 Å². The minimum absolute atomic E-state index is 0.0910. The number of nitrogens with zero attached hydrogens (tertiary/aromatic N) is 6. The van der Waals surface area contributed by atoms with Crippen molar-refractivity contribution in [2.24, 2.45) is 11.0 Å². The van der Waals surface area contributed by atoms with Crippen molar-refractivity contribution in [3.63, 3.8) is 0 Å². The van der Waals surface area contributed by atoms with Crippen LogP contribution < -0.4 is 10.3 Å². The summed E-state index contributed by atoms with van der Waals surface area (Å²) >= 11 is 5.85. The molecule has 1 unspecified atom stereocenters. The van der Waals surface area contributed by atoms with Gasteiger partial charge in [-0.2, -0.15) is 14.9 Å². The fourth-order valence-electron chi connectivity index (χ4n) is 4.65. The third-order valence-electron chi connectivity index (χ3n) is 6.78. The zero-order chi connectivity index (χ0) is 27.4. The number of morpholine rings is 1. The van der Waals surface area contributed by atoms with E-state index < -0.39 is 5.63 Å². The van der Waals surface area contributed by atoms with E-state index in [1.807, 2.05) is 30.3 Å². The molecule has 4 aromatic rings. The van der Waals surface area contributed by atoms with Crippen molar-refractivity contribution in [1.29, 1.82) is 0 Å². The lowest BCUT2D eigenvalue weighted by Crippen LogP contribution is -2.38. The van der Waals surface area contributed by atoms with Crippen LogP contribution in [0.2, 0.25) is 0 Å². The molecular weight excluding hydrogens is 514 g/mol. The molecule has 1 aliphatic rings. The Morgan fingerprint density at radius 2 is 1.82 bits per heavy atom. The molecule has 1 atom stereocenters. The molecule has 11 heteroatoms. The maximum atomic E-state index is 12.6. The van der Waals surface area contributed by atoms with Crippen molar-refractivity contribution in [3.8, 4) is 5.69 Å². The summed E-state index contributed by atoms with van der Waals surface area (Å²) in [5.41, 5.74) is 2.86. The molecule has 0 saturated carbocycles. The first-order chi connectivity index (χ1) is 18.9. The van der Waals surface area contributed by atoms with Crippen LogP contribution in [0, 0.1) is 10.7 Å². The van der Waals surface area contributed by atoms with Gasteiger partial charge in [0.2, 0.25) is 10.5 Å². The summed E-state index contributed by atoms with van der Waals surface area (Å²) in [5, 5.41) is 12.2. The van der Waals surface area contributed by atoms with Gasteiger partial charge in [0.05, 0.1) is 19.9 Å². The van der Waals surface area contributed by atoms with Gasteiger partial charge in [-0.1, -0.05) is 63.2 Å². The summed E-state index contributed by atoms with van der Waals surface area (Å²) in [6, 6.07) is 18.0. The van der Waals surface area contributed by atoms with Crippen molar-refractivity contribution in [2.45, 2.75) is 39.8 Å². The Balaban J connectivity index is 1.52. The highest BCUT2D eigenvalue weighted by Crippen LogP contribution is 2.24. The topological polar surface area (TPSA) is 97.5 Å². The van der Waals surface area contributed by atoms with Crippen LogP contribution in [0.4, 0.5) is 0 Å². The van der Waals surface area contributed by atoms with E-state index in [4.69, 9.17) is 26.6 Å². The molecule has 1 saturated heterocycles. The molecule has 5 rings (SSSR count). The molecule has 0 amide bonds. The maximum absolute atomic E-state index is 12.6. The number of nitrogens with one attached hydrogen (secondary N) is 1. The van der Waals surface area contributed by atoms with Gasteiger partial charge in [-0.15, -0.1) is 0 Å². The van der Waals surface area contributed by atoms with Gasteiger partial charge in [-0.25, -0.2) is 9.48 Å². The quantitative estimate of drug-likeness (QED) is 0.195. The zero-order valence-electron chi connectivity index (χ0n) is 22.5. The Bertz CT molecular complexity index is 1530. The van der Waals surface area contributed by atoms with Crippen LogP contribution in [0.3, 0.4) is 0 Å². The Morgan fingerprint density at radius 1 is 1.10 bits per heavy atom. The highest BCUT2D eigenvalue weighted by Gasteiger charge is 2.24. The van der Waals surface area contributed by atoms with Crippen LogP contribution in [0.15, 0.2) is 69.0 Å². The van der Waals surface area contributed by atoms with E-state index in [9.17, 15) is 4.79 Å². The average Bonchev–Trinajstić information content (AvgIpc) is 3.47. The van der Waals surface area contributed by atoms with Crippen molar-refractivity contribution in [3.05, 3.63) is 92.4 Å². The summed E-state index contributed by atoms with van der Waals surface area (Å²) in [5.74, 6) is 1.19. The molecule has 3 heterocycles. The normalized spacial score (nSPS) is 15.4. The molecular formula is C28H34N7O3S+. The summed E-state index contributed by atoms with van der Waals surface area (Å²) < 4.78 is 16.0. The van der Waals surface area contributed by atoms with Gasteiger partial charge in [0, 0.05) is 31.1 Å². The van der Waals surface area contributed by atoms with E-state index in [0.717, 1.165) is 30.8 Å². The standard InChI is InChI=1S/C28H33N7O3S/c1-20(2)17-22-9-11-23(12-10-22)21(3)26-30-33(19-32-13-15-37-16-14-32)28(39)35(26)29-18-25-27(36)38-31-34(25)24-7-5-4-6-8-24/h4-12,18,20-21H,13-17,19H2,1-3H3/p+1. The third-order valence-corrected chi connectivity index (χ3v) is 7.16. The monoisotopic (exact) mass is 548 g/mol. The molecule has 204 valence electrons. The number of aromatic nitrogens is 5. The molecule has 1 N–H and O–H groups in total. The van der Waals surface area contributed by atoms with E-state index in [-0.39, 0.29) is 11.6 Å². The number of rotatable bonds is 9. The van der Waals surface area contributed by atoms with Gasteiger partial charge >= 0.3 is 11.3 Å². The maximum Gasteiger partial charge on any atom is 0.436 e. The predicted molar refractivity (Wildman–Crippen MR) is 150 cm³/mol. The van der Waals surface area contributed by atoms with Gasteiger partial charge in [-0.05, 0) is 45.6 Å². The van der Waals surface area contributed by atoms with Crippen LogP contribution in [0.25, 0.3) is 5.69 Å². The van der Waals surface area contributed by atoms with E-state index >= 15 is 0 Å². The molecule has 0 spiro atoms. The second-order valence-electron chi connectivity index (χ2n) is 10.2. The number of ether oxygens (including phenoxy) is 1. The van der Waals surface area contributed by atoms with Gasteiger partial charge in [0.15, 0.2) is 5.82 Å². The van der Waals surface area contributed by atoms with E-state index in [2.05, 4.69) is 60.3 Å². The summed E-state index contributed by atoms with van der Waals surface area (Å²) in [6.45, 7) is 10.0. The number of H-pyrrole nitrogens is 1. The van der Waals surface area contributed by atoms with E-state index in [1.54, 1.807) is 14.0 Å². The van der Waals surface area contributed by atoms with Gasteiger partial charge in [0.25, 0.3) is 0 Å². The largest absolute Gasteiger partial charge is 0.436 e. The molecule has 39 heavy (non-hydrogen) atoms. The van der Waals surface area contributed by atoms with Crippen molar-refractivity contribution in [2.75, 3.05) is 26.3 Å². The first-order valence-electron chi connectivity index (χ1n) is 13.2. The minimum atomic E-state index is -0.537. The number of hydrogen-bond donors (Lipinski definition) is 1. The second kappa shape index (κ2) is 12.0. The molecule has 0 radical (unpaired) electrons. The van der Waals surface area contributed by atoms with Crippen molar-refractivity contribution < 1.29 is 13.9 Å².